The van der Waals surface area contributed by atoms with Crippen LogP contribution in [0.2, 0.25) is 0 Å². The van der Waals surface area contributed by atoms with E-state index in [2.05, 4.69) is 24.0 Å². The number of aliphatic hydroxyl groups is 1. The van der Waals surface area contributed by atoms with Gasteiger partial charge in [0.15, 0.2) is 0 Å². The van der Waals surface area contributed by atoms with E-state index >= 15 is 0 Å². The summed E-state index contributed by atoms with van der Waals surface area (Å²) >= 11 is 0. The van der Waals surface area contributed by atoms with Crippen molar-refractivity contribution in [1.82, 2.24) is 4.98 Å². The highest BCUT2D eigenvalue weighted by atomic mass is 16.3. The van der Waals surface area contributed by atoms with Crippen LogP contribution in [0.1, 0.15) is 22.4 Å². The second-order valence-corrected chi connectivity index (χ2v) is 3.87. The van der Waals surface area contributed by atoms with Crippen molar-refractivity contribution in [2.45, 2.75) is 20.0 Å². The standard InChI is InChI=1S/C14H15NO/c1-11-5-2-3-6-12(11)9-14-13(10-16)7-4-8-15-14/h2-8,16H,9-10H2,1H3. The van der Waals surface area contributed by atoms with Crippen molar-refractivity contribution in [2.24, 2.45) is 0 Å². The number of hydrogen-bond acceptors (Lipinski definition) is 2. The minimum atomic E-state index is 0.0506. The van der Waals surface area contributed by atoms with Crippen LogP contribution in [0.4, 0.5) is 0 Å². The Morgan fingerprint density at radius 3 is 2.56 bits per heavy atom. The Labute approximate surface area is 95.6 Å². The maximum Gasteiger partial charge on any atom is 0.0699 e. The number of benzene rings is 1. The van der Waals surface area contributed by atoms with Crippen molar-refractivity contribution in [3.63, 3.8) is 0 Å². The Morgan fingerprint density at radius 2 is 1.81 bits per heavy atom. The summed E-state index contributed by atoms with van der Waals surface area (Å²) in [6, 6.07) is 12.0. The maximum atomic E-state index is 9.23. The Hall–Kier alpha value is -1.67. The fourth-order valence-corrected chi connectivity index (χ4v) is 1.76. The molecule has 1 aromatic heterocycles. The van der Waals surface area contributed by atoms with Gasteiger partial charge in [-0.2, -0.15) is 0 Å². The zero-order valence-electron chi connectivity index (χ0n) is 9.35. The minimum absolute atomic E-state index is 0.0506. The molecule has 0 fully saturated rings. The number of hydrogen-bond donors (Lipinski definition) is 1. The highest BCUT2D eigenvalue weighted by molar-refractivity contribution is 5.32. The molecule has 2 heteroatoms. The number of aryl methyl sites for hydroxylation is 1. The van der Waals surface area contributed by atoms with Gasteiger partial charge in [-0.3, -0.25) is 4.98 Å². The first kappa shape index (κ1) is 10.8. The zero-order valence-corrected chi connectivity index (χ0v) is 9.35. The van der Waals surface area contributed by atoms with Crippen molar-refractivity contribution in [1.29, 1.82) is 0 Å². The van der Waals surface area contributed by atoms with Crippen molar-refractivity contribution in [2.75, 3.05) is 0 Å². The lowest BCUT2D eigenvalue weighted by molar-refractivity contribution is 0.280. The Bertz CT molecular complexity index is 480. The van der Waals surface area contributed by atoms with Crippen LogP contribution in [0.3, 0.4) is 0 Å². The van der Waals surface area contributed by atoms with E-state index < -0.39 is 0 Å². The summed E-state index contributed by atoms with van der Waals surface area (Å²) in [4.78, 5) is 4.33. The van der Waals surface area contributed by atoms with Crippen LogP contribution in [-0.4, -0.2) is 10.1 Å². The van der Waals surface area contributed by atoms with Crippen molar-refractivity contribution in [3.8, 4) is 0 Å². The second kappa shape index (κ2) is 4.90. The van der Waals surface area contributed by atoms with Gasteiger partial charge in [0.05, 0.1) is 12.3 Å². The number of aliphatic hydroxyl groups excluding tert-OH is 1. The fourth-order valence-electron chi connectivity index (χ4n) is 1.76. The molecule has 2 nitrogen and oxygen atoms in total. The van der Waals surface area contributed by atoms with Crippen molar-refractivity contribution in [3.05, 3.63) is 65.0 Å². The molecular weight excluding hydrogens is 198 g/mol. The molecule has 0 bridgehead atoms. The van der Waals surface area contributed by atoms with E-state index in [4.69, 9.17) is 0 Å². The minimum Gasteiger partial charge on any atom is -0.392 e. The molecule has 2 aromatic rings. The smallest absolute Gasteiger partial charge is 0.0699 e. The van der Waals surface area contributed by atoms with Crippen LogP contribution in [0.5, 0.6) is 0 Å². The molecular formula is C14H15NO. The summed E-state index contributed by atoms with van der Waals surface area (Å²) in [7, 11) is 0. The van der Waals surface area contributed by atoms with E-state index in [1.54, 1.807) is 6.20 Å². The van der Waals surface area contributed by atoms with Gasteiger partial charge >= 0.3 is 0 Å². The molecule has 0 aliphatic carbocycles. The van der Waals surface area contributed by atoms with Gasteiger partial charge in [0.25, 0.3) is 0 Å². The van der Waals surface area contributed by atoms with E-state index in [9.17, 15) is 5.11 Å². The molecule has 1 N–H and O–H groups in total. The molecule has 1 aromatic carbocycles. The van der Waals surface area contributed by atoms with Crippen molar-refractivity contribution < 1.29 is 5.11 Å². The van der Waals surface area contributed by atoms with Crippen LogP contribution < -0.4 is 0 Å². The van der Waals surface area contributed by atoms with Crippen LogP contribution >= 0.6 is 0 Å². The molecule has 0 saturated heterocycles. The monoisotopic (exact) mass is 213 g/mol. The molecule has 1 heterocycles. The Kier molecular flexibility index (Phi) is 3.32. The quantitative estimate of drug-likeness (QED) is 0.849. The van der Waals surface area contributed by atoms with Crippen molar-refractivity contribution >= 4 is 0 Å². The first-order valence-corrected chi connectivity index (χ1v) is 5.39. The zero-order chi connectivity index (χ0) is 11.4. The lowest BCUT2D eigenvalue weighted by atomic mass is 10.0. The van der Waals surface area contributed by atoms with Crippen LogP contribution in [0.15, 0.2) is 42.6 Å². The van der Waals surface area contributed by atoms with E-state index in [-0.39, 0.29) is 6.61 Å². The van der Waals surface area contributed by atoms with E-state index in [1.807, 2.05) is 24.3 Å². The summed E-state index contributed by atoms with van der Waals surface area (Å²) in [6.07, 6.45) is 2.55. The molecule has 16 heavy (non-hydrogen) atoms. The molecule has 0 radical (unpaired) electrons. The molecule has 2 rings (SSSR count). The highest BCUT2D eigenvalue weighted by Gasteiger charge is 2.04. The maximum absolute atomic E-state index is 9.23. The molecule has 0 aliphatic rings. The predicted molar refractivity (Wildman–Crippen MR) is 64.1 cm³/mol. The third kappa shape index (κ3) is 2.28. The fraction of sp³-hybridized carbons (Fsp3) is 0.214. The van der Waals surface area contributed by atoms with Gasteiger partial charge in [-0.1, -0.05) is 30.3 Å². The third-order valence-corrected chi connectivity index (χ3v) is 2.77. The van der Waals surface area contributed by atoms with E-state index in [0.717, 1.165) is 17.7 Å². The average Bonchev–Trinajstić information content (AvgIpc) is 2.33. The lowest BCUT2D eigenvalue weighted by Gasteiger charge is -2.08. The van der Waals surface area contributed by atoms with Gasteiger partial charge in [0.1, 0.15) is 0 Å². The Balaban J connectivity index is 2.30. The van der Waals surface area contributed by atoms with Gasteiger partial charge in [-0.15, -0.1) is 0 Å². The normalized spacial score (nSPS) is 10.4. The molecule has 0 unspecified atom stereocenters. The Morgan fingerprint density at radius 1 is 1.06 bits per heavy atom. The number of pyridine rings is 1. The van der Waals surface area contributed by atoms with Gasteiger partial charge in [-0.05, 0) is 29.7 Å². The topological polar surface area (TPSA) is 33.1 Å². The lowest BCUT2D eigenvalue weighted by Crippen LogP contribution is -1.99. The van der Waals surface area contributed by atoms with Crippen LogP contribution in [0.25, 0.3) is 0 Å². The van der Waals surface area contributed by atoms with Gasteiger partial charge in [0, 0.05) is 12.6 Å². The SMILES string of the molecule is Cc1ccccc1Cc1ncccc1CO. The number of rotatable bonds is 3. The molecule has 0 saturated carbocycles. The van der Waals surface area contributed by atoms with Crippen LogP contribution in [0, 0.1) is 6.92 Å². The van der Waals surface area contributed by atoms with E-state index in [1.165, 1.54) is 11.1 Å². The largest absolute Gasteiger partial charge is 0.392 e. The van der Waals surface area contributed by atoms with Gasteiger partial charge in [0.2, 0.25) is 0 Å². The molecule has 82 valence electrons. The summed E-state index contributed by atoms with van der Waals surface area (Å²) in [5.74, 6) is 0. The summed E-state index contributed by atoms with van der Waals surface area (Å²) in [6.45, 7) is 2.14. The van der Waals surface area contributed by atoms with Crippen LogP contribution in [-0.2, 0) is 13.0 Å². The third-order valence-electron chi connectivity index (χ3n) is 2.77. The first-order valence-electron chi connectivity index (χ1n) is 5.39. The van der Waals surface area contributed by atoms with Gasteiger partial charge < -0.3 is 5.11 Å². The second-order valence-electron chi connectivity index (χ2n) is 3.87. The number of aromatic nitrogens is 1. The molecule has 0 spiro atoms. The first-order chi connectivity index (χ1) is 7.81. The number of nitrogens with zero attached hydrogens (tertiary/aromatic N) is 1. The van der Waals surface area contributed by atoms with Gasteiger partial charge in [-0.25, -0.2) is 0 Å². The summed E-state index contributed by atoms with van der Waals surface area (Å²) in [5, 5.41) is 9.23. The van der Waals surface area contributed by atoms with E-state index in [0.29, 0.717) is 0 Å². The average molecular weight is 213 g/mol. The molecule has 0 aliphatic heterocycles. The summed E-state index contributed by atoms with van der Waals surface area (Å²) < 4.78 is 0. The predicted octanol–water partition coefficient (Wildman–Crippen LogP) is 2.47. The molecule has 0 atom stereocenters. The summed E-state index contributed by atoms with van der Waals surface area (Å²) in [5.41, 5.74) is 4.39. The molecule has 0 amide bonds. The highest BCUT2D eigenvalue weighted by Crippen LogP contribution is 2.14.